The number of aromatic nitrogens is 5. The number of pyridine rings is 1. The molecule has 8 heteroatoms. The second kappa shape index (κ2) is 6.70. The van der Waals surface area contributed by atoms with Gasteiger partial charge in [0.25, 0.3) is 5.91 Å². The molecule has 1 atom stereocenters. The highest BCUT2D eigenvalue weighted by molar-refractivity contribution is 5.95. The van der Waals surface area contributed by atoms with Gasteiger partial charge in [0, 0.05) is 31.0 Å². The zero-order chi connectivity index (χ0) is 18.1. The predicted octanol–water partition coefficient (Wildman–Crippen LogP) is 2.50. The lowest BCUT2D eigenvalue weighted by Crippen LogP contribution is -2.28. The molecular weight excluding hydrogens is 332 g/mol. The second-order valence-corrected chi connectivity index (χ2v) is 6.61. The Morgan fingerprint density at radius 2 is 2.31 bits per heavy atom. The van der Waals surface area contributed by atoms with Gasteiger partial charge in [-0.1, -0.05) is 5.16 Å². The Kier molecular flexibility index (Phi) is 4.24. The van der Waals surface area contributed by atoms with E-state index in [1.807, 2.05) is 16.8 Å². The number of carbonyl (C=O) groups is 1. The van der Waals surface area contributed by atoms with Gasteiger partial charge in [-0.25, -0.2) is 0 Å². The van der Waals surface area contributed by atoms with Crippen molar-refractivity contribution in [2.75, 3.05) is 7.05 Å². The summed E-state index contributed by atoms with van der Waals surface area (Å²) < 4.78 is 7.25. The molecule has 134 valence electrons. The van der Waals surface area contributed by atoms with Crippen molar-refractivity contribution in [3.8, 4) is 11.4 Å². The quantitative estimate of drug-likeness (QED) is 0.716. The van der Waals surface area contributed by atoms with Crippen LogP contribution in [-0.2, 0) is 13.0 Å². The van der Waals surface area contributed by atoms with Crippen LogP contribution in [0.2, 0.25) is 0 Å². The van der Waals surface area contributed by atoms with E-state index >= 15 is 0 Å². The van der Waals surface area contributed by atoms with Gasteiger partial charge >= 0.3 is 0 Å². The molecule has 4 heterocycles. The standard InChI is InChI=1S/C18H20N6O2/c1-12-5-3-7-15-14(10-20-24(12)15)18(25)23(2)11-16-21-17(22-26-16)13-6-4-8-19-9-13/h4,6,8-10,12H,3,5,7,11H2,1-2H3. The summed E-state index contributed by atoms with van der Waals surface area (Å²) in [6, 6.07) is 4.01. The first-order chi connectivity index (χ1) is 12.6. The van der Waals surface area contributed by atoms with E-state index in [4.69, 9.17) is 4.52 Å². The van der Waals surface area contributed by atoms with Gasteiger partial charge in [0.2, 0.25) is 11.7 Å². The van der Waals surface area contributed by atoms with E-state index in [1.165, 1.54) is 0 Å². The van der Waals surface area contributed by atoms with E-state index in [0.717, 1.165) is 30.5 Å². The predicted molar refractivity (Wildman–Crippen MR) is 93.2 cm³/mol. The molecule has 3 aromatic heterocycles. The van der Waals surface area contributed by atoms with Gasteiger partial charge in [0.05, 0.1) is 17.5 Å². The van der Waals surface area contributed by atoms with Crippen LogP contribution in [0.1, 0.15) is 47.7 Å². The molecule has 0 aliphatic carbocycles. The summed E-state index contributed by atoms with van der Waals surface area (Å²) in [5.74, 6) is 0.765. The van der Waals surface area contributed by atoms with Crippen molar-refractivity contribution in [3.63, 3.8) is 0 Å². The number of nitrogens with zero attached hydrogens (tertiary/aromatic N) is 6. The first kappa shape index (κ1) is 16.4. The van der Waals surface area contributed by atoms with Gasteiger partial charge in [-0.3, -0.25) is 14.5 Å². The van der Waals surface area contributed by atoms with Crippen LogP contribution in [0.15, 0.2) is 35.2 Å². The third kappa shape index (κ3) is 2.98. The smallest absolute Gasteiger partial charge is 0.257 e. The summed E-state index contributed by atoms with van der Waals surface area (Å²) in [5.41, 5.74) is 2.45. The van der Waals surface area contributed by atoms with Crippen molar-refractivity contribution in [1.82, 2.24) is 29.8 Å². The lowest BCUT2D eigenvalue weighted by Gasteiger charge is -2.22. The second-order valence-electron chi connectivity index (χ2n) is 6.61. The lowest BCUT2D eigenvalue weighted by molar-refractivity contribution is 0.0768. The average molecular weight is 352 g/mol. The van der Waals surface area contributed by atoms with Crippen molar-refractivity contribution in [3.05, 3.63) is 47.9 Å². The van der Waals surface area contributed by atoms with E-state index in [9.17, 15) is 4.79 Å². The van der Waals surface area contributed by atoms with E-state index in [0.29, 0.717) is 23.3 Å². The number of fused-ring (bicyclic) bond motifs is 1. The summed E-state index contributed by atoms with van der Waals surface area (Å²) >= 11 is 0. The van der Waals surface area contributed by atoms with Crippen molar-refractivity contribution < 1.29 is 9.32 Å². The van der Waals surface area contributed by atoms with Crippen LogP contribution in [0.3, 0.4) is 0 Å². The van der Waals surface area contributed by atoms with E-state index in [2.05, 4.69) is 27.1 Å². The maximum Gasteiger partial charge on any atom is 0.257 e. The Labute approximate surface area is 150 Å². The van der Waals surface area contributed by atoms with Crippen LogP contribution >= 0.6 is 0 Å². The zero-order valence-corrected chi connectivity index (χ0v) is 14.8. The molecule has 3 aromatic rings. The average Bonchev–Trinajstić information content (AvgIpc) is 3.30. The van der Waals surface area contributed by atoms with Crippen molar-refractivity contribution in [2.45, 2.75) is 38.8 Å². The van der Waals surface area contributed by atoms with Crippen LogP contribution in [-0.4, -0.2) is 42.8 Å². The van der Waals surface area contributed by atoms with Gasteiger partial charge in [0.1, 0.15) is 6.54 Å². The molecule has 1 unspecified atom stereocenters. The highest BCUT2D eigenvalue weighted by atomic mass is 16.5. The van der Waals surface area contributed by atoms with Gasteiger partial charge < -0.3 is 9.42 Å². The third-order valence-corrected chi connectivity index (χ3v) is 4.69. The fourth-order valence-corrected chi connectivity index (χ4v) is 3.29. The molecule has 0 radical (unpaired) electrons. The monoisotopic (exact) mass is 352 g/mol. The summed E-state index contributed by atoms with van der Waals surface area (Å²) in [4.78, 5) is 22.8. The fourth-order valence-electron chi connectivity index (χ4n) is 3.29. The Morgan fingerprint density at radius 3 is 3.12 bits per heavy atom. The maximum atomic E-state index is 12.8. The summed E-state index contributed by atoms with van der Waals surface area (Å²) in [5, 5.41) is 8.36. The molecule has 0 saturated heterocycles. The topological polar surface area (TPSA) is 89.9 Å². The third-order valence-electron chi connectivity index (χ3n) is 4.69. The number of hydrogen-bond donors (Lipinski definition) is 0. The SMILES string of the molecule is CC1CCCc2c(C(=O)N(C)Cc3nc(-c4cccnc4)no3)cnn21. The van der Waals surface area contributed by atoms with Crippen molar-refractivity contribution in [1.29, 1.82) is 0 Å². The zero-order valence-electron chi connectivity index (χ0n) is 14.8. The Hall–Kier alpha value is -3.03. The van der Waals surface area contributed by atoms with E-state index in [-0.39, 0.29) is 12.5 Å². The Balaban J connectivity index is 1.50. The summed E-state index contributed by atoms with van der Waals surface area (Å²) in [7, 11) is 1.73. The maximum absolute atomic E-state index is 12.8. The fraction of sp³-hybridized carbons (Fsp3) is 0.389. The minimum Gasteiger partial charge on any atom is -0.337 e. The molecule has 0 fully saturated rings. The lowest BCUT2D eigenvalue weighted by atomic mass is 10.0. The number of carbonyl (C=O) groups excluding carboxylic acids is 1. The molecule has 1 aliphatic heterocycles. The molecule has 0 saturated carbocycles. The van der Waals surface area contributed by atoms with Crippen LogP contribution in [0.25, 0.3) is 11.4 Å². The number of hydrogen-bond acceptors (Lipinski definition) is 6. The molecule has 0 N–H and O–H groups in total. The van der Waals surface area contributed by atoms with Crippen molar-refractivity contribution >= 4 is 5.91 Å². The minimum atomic E-state index is -0.0820. The van der Waals surface area contributed by atoms with Crippen LogP contribution in [0.5, 0.6) is 0 Å². The van der Waals surface area contributed by atoms with Gasteiger partial charge in [-0.05, 0) is 38.3 Å². The molecule has 1 aliphatic rings. The minimum absolute atomic E-state index is 0.0820. The first-order valence-corrected chi connectivity index (χ1v) is 8.68. The highest BCUT2D eigenvalue weighted by Gasteiger charge is 2.26. The summed E-state index contributed by atoms with van der Waals surface area (Å²) in [6.45, 7) is 2.37. The molecule has 0 spiro atoms. The van der Waals surface area contributed by atoms with Gasteiger partial charge in [-0.15, -0.1) is 0 Å². The molecular formula is C18H20N6O2. The van der Waals surface area contributed by atoms with Crippen LogP contribution in [0, 0.1) is 0 Å². The molecule has 0 bridgehead atoms. The largest absolute Gasteiger partial charge is 0.337 e. The first-order valence-electron chi connectivity index (χ1n) is 8.68. The Bertz CT molecular complexity index is 917. The number of amides is 1. The Morgan fingerprint density at radius 1 is 1.42 bits per heavy atom. The summed E-state index contributed by atoms with van der Waals surface area (Å²) in [6.07, 6.45) is 8.08. The van der Waals surface area contributed by atoms with Crippen molar-refractivity contribution in [2.24, 2.45) is 0 Å². The van der Waals surface area contributed by atoms with E-state index < -0.39 is 0 Å². The van der Waals surface area contributed by atoms with Crippen LogP contribution < -0.4 is 0 Å². The molecule has 4 rings (SSSR count). The van der Waals surface area contributed by atoms with Gasteiger partial charge in [-0.2, -0.15) is 10.1 Å². The number of rotatable bonds is 4. The van der Waals surface area contributed by atoms with Crippen LogP contribution in [0.4, 0.5) is 0 Å². The van der Waals surface area contributed by atoms with E-state index in [1.54, 1.807) is 30.5 Å². The molecule has 26 heavy (non-hydrogen) atoms. The molecule has 1 amide bonds. The van der Waals surface area contributed by atoms with Gasteiger partial charge in [0.15, 0.2) is 0 Å². The highest BCUT2D eigenvalue weighted by Crippen LogP contribution is 2.26. The molecule has 0 aromatic carbocycles. The molecule has 8 nitrogen and oxygen atoms in total. The normalized spacial score (nSPS) is 16.3.